The molecule has 0 heterocycles. The monoisotopic (exact) mass is 304 g/mol. The van der Waals surface area contributed by atoms with Crippen LogP contribution in [0.4, 0.5) is 10.1 Å². The van der Waals surface area contributed by atoms with Crippen molar-refractivity contribution in [1.82, 2.24) is 0 Å². The zero-order chi connectivity index (χ0) is 13.0. The van der Waals surface area contributed by atoms with E-state index in [9.17, 15) is 4.39 Å². The number of hydrogen-bond donors (Lipinski definition) is 1. The van der Waals surface area contributed by atoms with Gasteiger partial charge in [-0.15, -0.1) is 0 Å². The zero-order valence-electron chi connectivity index (χ0n) is 9.45. The Morgan fingerprint density at radius 2 is 1.89 bits per heavy atom. The van der Waals surface area contributed by atoms with Crippen molar-refractivity contribution in [3.05, 3.63) is 63.9 Å². The molecule has 0 unspecified atom stereocenters. The van der Waals surface area contributed by atoms with Crippen molar-refractivity contribution in [1.29, 1.82) is 5.26 Å². The minimum Gasteiger partial charge on any atom is -0.381 e. The van der Waals surface area contributed by atoms with Gasteiger partial charge in [-0.2, -0.15) is 5.26 Å². The van der Waals surface area contributed by atoms with Crippen LogP contribution >= 0.6 is 15.9 Å². The number of hydrogen-bond acceptors (Lipinski definition) is 2. The van der Waals surface area contributed by atoms with Gasteiger partial charge in [0.25, 0.3) is 0 Å². The Bertz CT molecular complexity index is 567. The second-order valence-electron chi connectivity index (χ2n) is 3.82. The summed E-state index contributed by atoms with van der Waals surface area (Å²) in [6, 6.07) is 14.0. The summed E-state index contributed by atoms with van der Waals surface area (Å²) >= 11 is 3.25. The lowest BCUT2D eigenvalue weighted by Gasteiger charge is -2.07. The first kappa shape index (κ1) is 12.6. The summed E-state index contributed by atoms with van der Waals surface area (Å²) in [4.78, 5) is 0. The Balaban J connectivity index is 2.04. The predicted octanol–water partition coefficient (Wildman–Crippen LogP) is 4.07. The fourth-order valence-corrected chi connectivity index (χ4v) is 2.09. The van der Waals surface area contributed by atoms with Crippen molar-refractivity contribution in [2.45, 2.75) is 6.54 Å². The molecule has 0 aromatic heterocycles. The summed E-state index contributed by atoms with van der Waals surface area (Å²) in [6.07, 6.45) is 0. The highest BCUT2D eigenvalue weighted by Crippen LogP contribution is 2.16. The van der Waals surface area contributed by atoms with Gasteiger partial charge in [0.05, 0.1) is 11.6 Å². The highest BCUT2D eigenvalue weighted by Gasteiger charge is 1.99. The van der Waals surface area contributed by atoms with Gasteiger partial charge in [-0.1, -0.05) is 15.9 Å². The third kappa shape index (κ3) is 3.31. The summed E-state index contributed by atoms with van der Waals surface area (Å²) in [7, 11) is 0. The molecule has 90 valence electrons. The van der Waals surface area contributed by atoms with E-state index in [0.717, 1.165) is 15.7 Å². The van der Waals surface area contributed by atoms with Crippen molar-refractivity contribution in [2.24, 2.45) is 0 Å². The van der Waals surface area contributed by atoms with E-state index in [4.69, 9.17) is 5.26 Å². The molecule has 0 aliphatic heterocycles. The molecule has 2 aromatic rings. The van der Waals surface area contributed by atoms with E-state index in [2.05, 4.69) is 27.3 Å². The number of nitrogens with zero attached hydrogens (tertiary/aromatic N) is 1. The molecule has 2 nitrogen and oxygen atoms in total. The number of anilines is 1. The molecule has 0 saturated carbocycles. The van der Waals surface area contributed by atoms with Crippen LogP contribution in [0.5, 0.6) is 0 Å². The first-order valence-electron chi connectivity index (χ1n) is 5.36. The molecule has 0 fully saturated rings. The van der Waals surface area contributed by atoms with E-state index in [0.29, 0.717) is 12.1 Å². The lowest BCUT2D eigenvalue weighted by atomic mass is 10.2. The molecule has 2 aromatic carbocycles. The van der Waals surface area contributed by atoms with Gasteiger partial charge in [0.2, 0.25) is 0 Å². The maximum absolute atomic E-state index is 13.2. The van der Waals surface area contributed by atoms with Gasteiger partial charge < -0.3 is 5.32 Å². The first-order chi connectivity index (χ1) is 8.67. The minimum absolute atomic E-state index is 0.263. The van der Waals surface area contributed by atoms with Crippen LogP contribution in [0.25, 0.3) is 0 Å². The number of halogens is 2. The summed E-state index contributed by atoms with van der Waals surface area (Å²) in [5.41, 5.74) is 2.37. The predicted molar refractivity (Wildman–Crippen MR) is 72.6 cm³/mol. The maximum atomic E-state index is 13.2. The van der Waals surface area contributed by atoms with Gasteiger partial charge in [0, 0.05) is 16.7 Å². The van der Waals surface area contributed by atoms with Gasteiger partial charge in [0.15, 0.2) is 0 Å². The second kappa shape index (κ2) is 5.65. The topological polar surface area (TPSA) is 35.8 Å². The van der Waals surface area contributed by atoms with Gasteiger partial charge in [0.1, 0.15) is 5.82 Å². The van der Waals surface area contributed by atoms with Gasteiger partial charge in [-0.25, -0.2) is 4.39 Å². The lowest BCUT2D eigenvalue weighted by Crippen LogP contribution is -1.99. The van der Waals surface area contributed by atoms with Crippen LogP contribution in [0.3, 0.4) is 0 Å². The Hall–Kier alpha value is -1.86. The third-order valence-electron chi connectivity index (χ3n) is 2.43. The lowest BCUT2D eigenvalue weighted by molar-refractivity contribution is 0.625. The Morgan fingerprint density at radius 1 is 1.17 bits per heavy atom. The van der Waals surface area contributed by atoms with Gasteiger partial charge >= 0.3 is 0 Å². The van der Waals surface area contributed by atoms with Crippen molar-refractivity contribution in [3.63, 3.8) is 0 Å². The van der Waals surface area contributed by atoms with E-state index in [1.165, 1.54) is 12.1 Å². The summed E-state index contributed by atoms with van der Waals surface area (Å²) in [5.74, 6) is -0.263. The third-order valence-corrected chi connectivity index (χ3v) is 2.89. The molecular weight excluding hydrogens is 295 g/mol. The van der Waals surface area contributed by atoms with Crippen LogP contribution in [0.2, 0.25) is 0 Å². The Kier molecular flexibility index (Phi) is 3.96. The minimum atomic E-state index is -0.263. The number of nitriles is 1. The smallest absolute Gasteiger partial charge is 0.124 e. The second-order valence-corrected chi connectivity index (χ2v) is 4.74. The summed E-state index contributed by atoms with van der Waals surface area (Å²) in [5, 5.41) is 11.8. The van der Waals surface area contributed by atoms with Crippen LogP contribution in [-0.2, 0) is 6.54 Å². The number of nitrogens with one attached hydrogen (secondary N) is 1. The van der Waals surface area contributed by atoms with Crippen molar-refractivity contribution < 1.29 is 4.39 Å². The molecule has 0 atom stereocenters. The largest absolute Gasteiger partial charge is 0.381 e. The zero-order valence-corrected chi connectivity index (χ0v) is 11.0. The molecule has 1 N–H and O–H groups in total. The quantitative estimate of drug-likeness (QED) is 0.927. The summed E-state index contributed by atoms with van der Waals surface area (Å²) < 4.78 is 13.9. The van der Waals surface area contributed by atoms with Gasteiger partial charge in [-0.3, -0.25) is 0 Å². The van der Waals surface area contributed by atoms with E-state index >= 15 is 0 Å². The van der Waals surface area contributed by atoms with Crippen molar-refractivity contribution in [2.75, 3.05) is 5.32 Å². The van der Waals surface area contributed by atoms with Crippen LogP contribution in [-0.4, -0.2) is 0 Å². The number of rotatable bonds is 3. The van der Waals surface area contributed by atoms with Crippen LogP contribution < -0.4 is 5.32 Å². The van der Waals surface area contributed by atoms with E-state index < -0.39 is 0 Å². The van der Waals surface area contributed by atoms with Crippen LogP contribution in [0.1, 0.15) is 11.1 Å². The average Bonchev–Trinajstić information content (AvgIpc) is 2.36. The van der Waals surface area contributed by atoms with E-state index in [1.807, 2.05) is 18.2 Å². The number of benzene rings is 2. The fourth-order valence-electron chi connectivity index (χ4n) is 1.58. The first-order valence-corrected chi connectivity index (χ1v) is 6.16. The highest BCUT2D eigenvalue weighted by molar-refractivity contribution is 9.10. The molecule has 0 spiro atoms. The molecule has 0 aliphatic carbocycles. The average molecular weight is 305 g/mol. The molecule has 2 rings (SSSR count). The van der Waals surface area contributed by atoms with Crippen LogP contribution in [0.15, 0.2) is 46.9 Å². The molecule has 0 saturated heterocycles. The molecule has 0 radical (unpaired) electrons. The molecular formula is C14H10BrFN2. The molecule has 18 heavy (non-hydrogen) atoms. The standard InChI is InChI=1S/C14H10BrFN2/c15-12-5-11(6-13(16)7-12)9-18-14-3-1-10(8-17)2-4-14/h1-7,18H,9H2. The normalized spacial score (nSPS) is 9.83. The van der Waals surface area contributed by atoms with Crippen LogP contribution in [0, 0.1) is 17.1 Å². The highest BCUT2D eigenvalue weighted by atomic mass is 79.9. The molecule has 0 aliphatic rings. The molecule has 4 heteroatoms. The SMILES string of the molecule is N#Cc1ccc(NCc2cc(F)cc(Br)c2)cc1. The fraction of sp³-hybridized carbons (Fsp3) is 0.0714. The van der Waals surface area contributed by atoms with E-state index in [1.54, 1.807) is 12.1 Å². The van der Waals surface area contributed by atoms with Gasteiger partial charge in [-0.05, 0) is 48.0 Å². The van der Waals surface area contributed by atoms with Crippen molar-refractivity contribution in [3.8, 4) is 6.07 Å². The van der Waals surface area contributed by atoms with E-state index in [-0.39, 0.29) is 5.82 Å². The summed E-state index contributed by atoms with van der Waals surface area (Å²) in [6.45, 7) is 0.530. The Morgan fingerprint density at radius 3 is 2.50 bits per heavy atom. The maximum Gasteiger partial charge on any atom is 0.124 e. The van der Waals surface area contributed by atoms with Crippen molar-refractivity contribution >= 4 is 21.6 Å². The molecule has 0 bridgehead atoms. The molecule has 0 amide bonds. The Labute approximate surface area is 113 Å².